The number of rotatable bonds is 9. The number of anilines is 1. The van der Waals surface area contributed by atoms with Crippen molar-refractivity contribution in [2.45, 2.75) is 52.5 Å². The molecule has 1 aliphatic carbocycles. The van der Waals surface area contributed by atoms with Gasteiger partial charge in [-0.15, -0.1) is 0 Å². The molecule has 27 heavy (non-hydrogen) atoms. The SMILES string of the molecule is CCNC(=NCc1cccc(NC(=O)C2CCCCC2)c1)NCCOCC. The minimum atomic E-state index is 0.154. The molecule has 0 bridgehead atoms. The fraction of sp³-hybridized carbons (Fsp3) is 0.619. The fourth-order valence-electron chi connectivity index (χ4n) is 3.25. The highest BCUT2D eigenvalue weighted by Crippen LogP contribution is 2.25. The molecule has 0 unspecified atom stereocenters. The second kappa shape index (κ2) is 12.3. The quantitative estimate of drug-likeness (QED) is 0.352. The van der Waals surface area contributed by atoms with E-state index in [9.17, 15) is 4.79 Å². The summed E-state index contributed by atoms with van der Waals surface area (Å²) in [6.45, 7) is 7.48. The van der Waals surface area contributed by atoms with Gasteiger partial charge in [0.2, 0.25) is 5.91 Å². The number of aliphatic imine (C=N–C) groups is 1. The van der Waals surface area contributed by atoms with Gasteiger partial charge in [0.15, 0.2) is 5.96 Å². The van der Waals surface area contributed by atoms with Crippen LogP contribution in [0.3, 0.4) is 0 Å². The third-order valence-corrected chi connectivity index (χ3v) is 4.68. The summed E-state index contributed by atoms with van der Waals surface area (Å²) >= 11 is 0. The Hall–Kier alpha value is -2.08. The van der Waals surface area contributed by atoms with E-state index in [0.29, 0.717) is 19.8 Å². The van der Waals surface area contributed by atoms with Gasteiger partial charge in [0.1, 0.15) is 0 Å². The largest absolute Gasteiger partial charge is 0.380 e. The molecule has 1 aromatic rings. The second-order valence-electron chi connectivity index (χ2n) is 6.84. The lowest BCUT2D eigenvalue weighted by molar-refractivity contribution is -0.120. The Labute approximate surface area is 163 Å². The Morgan fingerprint density at radius 2 is 2.00 bits per heavy atom. The van der Waals surface area contributed by atoms with Crippen LogP contribution in [-0.2, 0) is 16.1 Å². The molecule has 1 saturated carbocycles. The number of hydrogen-bond donors (Lipinski definition) is 3. The van der Waals surface area contributed by atoms with Crippen LogP contribution < -0.4 is 16.0 Å². The minimum Gasteiger partial charge on any atom is -0.380 e. The maximum atomic E-state index is 12.4. The Bertz CT molecular complexity index is 598. The highest BCUT2D eigenvalue weighted by atomic mass is 16.5. The standard InChI is InChI=1S/C21H34N4O2/c1-3-22-21(23-13-14-27-4-2)24-16-17-9-8-12-19(15-17)25-20(26)18-10-6-5-7-11-18/h8-9,12,15,18H,3-7,10-11,13-14,16H2,1-2H3,(H,25,26)(H2,22,23,24). The third-order valence-electron chi connectivity index (χ3n) is 4.68. The molecule has 1 aliphatic rings. The molecule has 0 spiro atoms. The van der Waals surface area contributed by atoms with Crippen molar-refractivity contribution in [1.29, 1.82) is 0 Å². The summed E-state index contributed by atoms with van der Waals surface area (Å²) < 4.78 is 5.34. The lowest BCUT2D eigenvalue weighted by Gasteiger charge is -2.20. The van der Waals surface area contributed by atoms with Crippen LogP contribution in [-0.4, -0.2) is 38.2 Å². The van der Waals surface area contributed by atoms with Crippen LogP contribution in [0.2, 0.25) is 0 Å². The average molecular weight is 375 g/mol. The number of nitrogens with zero attached hydrogens (tertiary/aromatic N) is 1. The smallest absolute Gasteiger partial charge is 0.227 e. The number of amides is 1. The van der Waals surface area contributed by atoms with Gasteiger partial charge in [-0.25, -0.2) is 4.99 Å². The normalized spacial score (nSPS) is 15.4. The molecule has 1 amide bonds. The Morgan fingerprint density at radius 1 is 1.19 bits per heavy atom. The van der Waals surface area contributed by atoms with Crippen molar-refractivity contribution in [3.63, 3.8) is 0 Å². The first kappa shape index (κ1) is 21.2. The molecule has 6 nitrogen and oxygen atoms in total. The maximum absolute atomic E-state index is 12.4. The van der Waals surface area contributed by atoms with Crippen LogP contribution >= 0.6 is 0 Å². The van der Waals surface area contributed by atoms with Crippen molar-refractivity contribution in [1.82, 2.24) is 10.6 Å². The molecular weight excluding hydrogens is 340 g/mol. The lowest BCUT2D eigenvalue weighted by Crippen LogP contribution is -2.39. The van der Waals surface area contributed by atoms with E-state index in [1.54, 1.807) is 0 Å². The highest BCUT2D eigenvalue weighted by Gasteiger charge is 2.20. The Kier molecular flexibility index (Phi) is 9.69. The molecule has 6 heteroatoms. The number of hydrogen-bond acceptors (Lipinski definition) is 3. The van der Waals surface area contributed by atoms with Crippen molar-refractivity contribution in [3.8, 4) is 0 Å². The van der Waals surface area contributed by atoms with Crippen LogP contribution in [0.25, 0.3) is 0 Å². The van der Waals surface area contributed by atoms with Gasteiger partial charge in [-0.1, -0.05) is 31.4 Å². The Balaban J connectivity index is 1.89. The minimum absolute atomic E-state index is 0.154. The van der Waals surface area contributed by atoms with E-state index in [-0.39, 0.29) is 11.8 Å². The van der Waals surface area contributed by atoms with Gasteiger partial charge in [0.25, 0.3) is 0 Å². The predicted octanol–water partition coefficient (Wildman–Crippen LogP) is 3.30. The molecule has 1 fully saturated rings. The second-order valence-corrected chi connectivity index (χ2v) is 6.84. The van der Waals surface area contributed by atoms with Crippen LogP contribution in [0, 0.1) is 5.92 Å². The number of carbonyl (C=O) groups excluding carboxylic acids is 1. The molecule has 150 valence electrons. The van der Waals surface area contributed by atoms with E-state index in [4.69, 9.17) is 4.74 Å². The summed E-state index contributed by atoms with van der Waals surface area (Å²) in [6, 6.07) is 7.95. The van der Waals surface area contributed by atoms with Crippen LogP contribution in [0.15, 0.2) is 29.3 Å². The molecule has 0 aliphatic heterocycles. The third kappa shape index (κ3) is 7.99. The topological polar surface area (TPSA) is 74.8 Å². The van der Waals surface area contributed by atoms with Crippen molar-refractivity contribution in [2.75, 3.05) is 31.6 Å². The van der Waals surface area contributed by atoms with E-state index in [1.807, 2.05) is 38.1 Å². The lowest BCUT2D eigenvalue weighted by atomic mass is 9.88. The summed E-state index contributed by atoms with van der Waals surface area (Å²) in [5.41, 5.74) is 1.92. The van der Waals surface area contributed by atoms with Crippen molar-refractivity contribution in [2.24, 2.45) is 10.9 Å². The molecule has 3 N–H and O–H groups in total. The summed E-state index contributed by atoms with van der Waals surface area (Å²) in [7, 11) is 0. The molecule has 1 aromatic carbocycles. The van der Waals surface area contributed by atoms with E-state index in [1.165, 1.54) is 6.42 Å². The molecule has 0 atom stereocenters. The maximum Gasteiger partial charge on any atom is 0.227 e. The molecule has 0 aromatic heterocycles. The number of benzene rings is 1. The van der Waals surface area contributed by atoms with E-state index < -0.39 is 0 Å². The summed E-state index contributed by atoms with van der Waals surface area (Å²) in [4.78, 5) is 17.0. The van der Waals surface area contributed by atoms with E-state index in [0.717, 1.165) is 56.0 Å². The van der Waals surface area contributed by atoms with Crippen molar-refractivity contribution < 1.29 is 9.53 Å². The zero-order valence-corrected chi connectivity index (χ0v) is 16.7. The van der Waals surface area contributed by atoms with Gasteiger partial charge < -0.3 is 20.7 Å². The molecule has 0 radical (unpaired) electrons. The number of carbonyl (C=O) groups is 1. The molecule has 0 saturated heterocycles. The highest BCUT2D eigenvalue weighted by molar-refractivity contribution is 5.92. The average Bonchev–Trinajstić information content (AvgIpc) is 2.70. The molecule has 2 rings (SSSR count). The summed E-state index contributed by atoms with van der Waals surface area (Å²) in [5, 5.41) is 9.57. The molecule has 0 heterocycles. The molecular formula is C21H34N4O2. The number of nitrogens with one attached hydrogen (secondary N) is 3. The van der Waals surface area contributed by atoms with Crippen molar-refractivity contribution >= 4 is 17.6 Å². The predicted molar refractivity (Wildman–Crippen MR) is 111 cm³/mol. The van der Waals surface area contributed by atoms with E-state index in [2.05, 4.69) is 20.9 Å². The fourth-order valence-corrected chi connectivity index (χ4v) is 3.25. The first-order chi connectivity index (χ1) is 13.2. The Morgan fingerprint density at radius 3 is 2.74 bits per heavy atom. The zero-order chi connectivity index (χ0) is 19.3. The summed E-state index contributed by atoms with van der Waals surface area (Å²) in [5.74, 6) is 1.09. The van der Waals surface area contributed by atoms with Gasteiger partial charge in [-0.3, -0.25) is 4.79 Å². The van der Waals surface area contributed by atoms with Crippen LogP contribution in [0.5, 0.6) is 0 Å². The summed E-state index contributed by atoms with van der Waals surface area (Å²) in [6.07, 6.45) is 5.60. The first-order valence-electron chi connectivity index (χ1n) is 10.2. The monoisotopic (exact) mass is 374 g/mol. The number of ether oxygens (including phenoxy) is 1. The van der Waals surface area contributed by atoms with Gasteiger partial charge in [0, 0.05) is 31.3 Å². The first-order valence-corrected chi connectivity index (χ1v) is 10.2. The van der Waals surface area contributed by atoms with Gasteiger partial charge >= 0.3 is 0 Å². The van der Waals surface area contributed by atoms with Crippen LogP contribution in [0.1, 0.15) is 51.5 Å². The van der Waals surface area contributed by atoms with Gasteiger partial charge in [-0.2, -0.15) is 0 Å². The van der Waals surface area contributed by atoms with Gasteiger partial charge in [-0.05, 0) is 44.4 Å². The van der Waals surface area contributed by atoms with Crippen molar-refractivity contribution in [3.05, 3.63) is 29.8 Å². The van der Waals surface area contributed by atoms with Gasteiger partial charge in [0.05, 0.1) is 13.2 Å². The van der Waals surface area contributed by atoms with E-state index >= 15 is 0 Å². The number of guanidine groups is 1. The van der Waals surface area contributed by atoms with Crippen LogP contribution in [0.4, 0.5) is 5.69 Å². The zero-order valence-electron chi connectivity index (χ0n) is 16.7.